The lowest BCUT2D eigenvalue weighted by molar-refractivity contribution is -0.145. The lowest BCUT2D eigenvalue weighted by Crippen LogP contribution is -2.46. The van der Waals surface area contributed by atoms with E-state index in [1.165, 1.54) is 0 Å². The highest BCUT2D eigenvalue weighted by atomic mass is 16.5. The van der Waals surface area contributed by atoms with Crippen LogP contribution in [-0.2, 0) is 9.53 Å². The first-order chi connectivity index (χ1) is 9.22. The number of carbonyl (C=O) groups is 1. The van der Waals surface area contributed by atoms with Crippen LogP contribution in [0.5, 0.6) is 0 Å². The summed E-state index contributed by atoms with van der Waals surface area (Å²) in [5.41, 5.74) is 0.302. The van der Waals surface area contributed by atoms with E-state index in [0.717, 1.165) is 24.1 Å². The van der Waals surface area contributed by atoms with E-state index < -0.39 is 11.5 Å². The second-order valence-corrected chi connectivity index (χ2v) is 4.45. The lowest BCUT2D eigenvalue weighted by Gasteiger charge is -2.27. The van der Waals surface area contributed by atoms with Gasteiger partial charge in [-0.05, 0) is 24.1 Å². The van der Waals surface area contributed by atoms with Crippen molar-refractivity contribution in [2.24, 2.45) is 0 Å². The number of unbranched alkanes of at least 4 members (excludes halogenated alkanes) is 1. The predicted octanol–water partition coefficient (Wildman–Crippen LogP) is 2.73. The Kier molecular flexibility index (Phi) is 3.86. The smallest absolute Gasteiger partial charge is 0.351 e. The maximum Gasteiger partial charge on any atom is 0.351 e. The summed E-state index contributed by atoms with van der Waals surface area (Å²) >= 11 is 0. The minimum Gasteiger partial charge on any atom is -0.463 e. The highest BCUT2D eigenvalue weighted by Gasteiger charge is 2.40. The van der Waals surface area contributed by atoms with Gasteiger partial charge in [-0.15, -0.1) is 0 Å². The molecule has 0 fully saturated rings. The molecule has 0 spiro atoms. The molecule has 0 amide bonds. The van der Waals surface area contributed by atoms with Crippen LogP contribution in [0.25, 0.3) is 6.08 Å². The van der Waals surface area contributed by atoms with Crippen LogP contribution in [-0.4, -0.2) is 18.1 Å². The molecule has 0 aliphatic carbocycles. The lowest BCUT2D eigenvalue weighted by atomic mass is 9.94. The van der Waals surface area contributed by atoms with Crippen molar-refractivity contribution in [1.29, 1.82) is 5.26 Å². The first-order valence-electron chi connectivity index (χ1n) is 6.37. The van der Waals surface area contributed by atoms with Gasteiger partial charge in [-0.3, -0.25) is 0 Å². The van der Waals surface area contributed by atoms with Crippen LogP contribution in [0.15, 0.2) is 30.3 Å². The third-order valence-electron chi connectivity index (χ3n) is 3.03. The summed E-state index contributed by atoms with van der Waals surface area (Å²) < 4.78 is 5.16. The van der Waals surface area contributed by atoms with Gasteiger partial charge in [-0.25, -0.2) is 4.79 Å². The van der Waals surface area contributed by atoms with Crippen molar-refractivity contribution in [3.63, 3.8) is 0 Å². The number of anilines is 1. The summed E-state index contributed by atoms with van der Waals surface area (Å²) in [7, 11) is 0. The van der Waals surface area contributed by atoms with Crippen molar-refractivity contribution < 1.29 is 9.53 Å². The van der Waals surface area contributed by atoms with Gasteiger partial charge in [-0.1, -0.05) is 37.6 Å². The first kappa shape index (κ1) is 13.2. The number of nitrogens with one attached hydrogen (secondary N) is 1. The number of nitriles is 1. The van der Waals surface area contributed by atoms with Gasteiger partial charge in [-0.2, -0.15) is 5.26 Å². The number of hydrogen-bond acceptors (Lipinski definition) is 4. The largest absolute Gasteiger partial charge is 0.463 e. The zero-order valence-corrected chi connectivity index (χ0v) is 10.8. The number of ether oxygens (including phenoxy) is 1. The highest BCUT2D eigenvalue weighted by molar-refractivity contribution is 5.95. The topological polar surface area (TPSA) is 62.1 Å². The molecule has 0 bridgehead atoms. The number of hydrogen-bond donors (Lipinski definition) is 1. The third kappa shape index (κ3) is 2.60. The number of para-hydroxylation sites is 1. The van der Waals surface area contributed by atoms with Crippen molar-refractivity contribution in [2.45, 2.75) is 25.3 Å². The van der Waals surface area contributed by atoms with Crippen molar-refractivity contribution in [3.8, 4) is 6.07 Å². The Balaban J connectivity index is 2.18. The number of nitrogens with zero attached hydrogens (tertiary/aromatic N) is 1. The third-order valence-corrected chi connectivity index (χ3v) is 3.03. The minimum atomic E-state index is -1.41. The van der Waals surface area contributed by atoms with Crippen molar-refractivity contribution in [1.82, 2.24) is 0 Å². The fraction of sp³-hybridized carbons (Fsp3) is 0.333. The van der Waals surface area contributed by atoms with Gasteiger partial charge in [0.1, 0.15) is 6.07 Å². The molecule has 1 aliphatic rings. The Morgan fingerprint density at radius 2 is 2.26 bits per heavy atom. The summed E-state index contributed by atoms with van der Waals surface area (Å²) in [4.78, 5) is 12.1. The second kappa shape index (κ2) is 5.57. The van der Waals surface area contributed by atoms with Gasteiger partial charge < -0.3 is 10.1 Å². The fourth-order valence-electron chi connectivity index (χ4n) is 1.88. The van der Waals surface area contributed by atoms with Crippen LogP contribution in [0.1, 0.15) is 25.3 Å². The van der Waals surface area contributed by atoms with Crippen LogP contribution in [0.4, 0.5) is 5.69 Å². The van der Waals surface area contributed by atoms with Gasteiger partial charge in [0.2, 0.25) is 5.54 Å². The van der Waals surface area contributed by atoms with Crippen molar-refractivity contribution in [3.05, 3.63) is 35.9 Å². The van der Waals surface area contributed by atoms with Crippen LogP contribution >= 0.6 is 0 Å². The quantitative estimate of drug-likeness (QED) is 0.664. The maximum absolute atomic E-state index is 12.1. The molecule has 98 valence electrons. The molecule has 0 aromatic heterocycles. The molecule has 1 aliphatic heterocycles. The van der Waals surface area contributed by atoms with E-state index >= 15 is 0 Å². The highest BCUT2D eigenvalue weighted by Crippen LogP contribution is 2.28. The normalized spacial score (nSPS) is 20.0. The fourth-order valence-corrected chi connectivity index (χ4v) is 1.88. The number of fused-ring (bicyclic) bond motifs is 1. The standard InChI is InChI=1S/C15H16N2O2/c1-2-3-10-19-14(18)15(11-16)9-8-12-6-4-5-7-13(12)17-15/h4-9,17H,2-3,10H2,1H3. The average molecular weight is 256 g/mol. The molecule has 19 heavy (non-hydrogen) atoms. The van der Waals surface area contributed by atoms with Gasteiger partial charge in [0.25, 0.3) is 0 Å². The Hall–Kier alpha value is -2.28. The Bertz CT molecular complexity index is 545. The van der Waals surface area contributed by atoms with E-state index in [-0.39, 0.29) is 0 Å². The van der Waals surface area contributed by atoms with Gasteiger partial charge in [0.05, 0.1) is 6.61 Å². The number of rotatable bonds is 4. The molecule has 1 atom stereocenters. The monoisotopic (exact) mass is 256 g/mol. The molecule has 1 N–H and O–H groups in total. The van der Waals surface area contributed by atoms with Crippen LogP contribution in [0.2, 0.25) is 0 Å². The van der Waals surface area contributed by atoms with Crippen LogP contribution in [0, 0.1) is 11.3 Å². The maximum atomic E-state index is 12.1. The summed E-state index contributed by atoms with van der Waals surface area (Å²) in [6.07, 6.45) is 5.08. The number of benzene rings is 1. The molecule has 1 unspecified atom stereocenters. The van der Waals surface area contributed by atoms with Crippen LogP contribution in [0.3, 0.4) is 0 Å². The Morgan fingerprint density at radius 3 is 3.00 bits per heavy atom. The van der Waals surface area contributed by atoms with E-state index in [1.807, 2.05) is 37.3 Å². The molecule has 2 rings (SSSR count). The molecule has 0 radical (unpaired) electrons. The average Bonchev–Trinajstić information content (AvgIpc) is 2.46. The van der Waals surface area contributed by atoms with E-state index in [2.05, 4.69) is 5.32 Å². The molecule has 0 saturated heterocycles. The second-order valence-electron chi connectivity index (χ2n) is 4.45. The SMILES string of the molecule is CCCCOC(=O)C1(C#N)C=Cc2ccccc2N1. The minimum absolute atomic E-state index is 0.343. The number of esters is 1. The van der Waals surface area contributed by atoms with E-state index in [1.54, 1.807) is 12.2 Å². The number of carbonyl (C=O) groups excluding carboxylic acids is 1. The summed E-state index contributed by atoms with van der Waals surface area (Å²) in [6, 6.07) is 9.53. The zero-order valence-electron chi connectivity index (χ0n) is 10.8. The van der Waals surface area contributed by atoms with Crippen LogP contribution < -0.4 is 5.32 Å². The predicted molar refractivity (Wildman–Crippen MR) is 73.3 cm³/mol. The summed E-state index contributed by atoms with van der Waals surface area (Å²) in [5, 5.41) is 12.3. The van der Waals surface area contributed by atoms with Gasteiger partial charge in [0.15, 0.2) is 0 Å². The molecule has 1 aromatic rings. The Morgan fingerprint density at radius 1 is 1.47 bits per heavy atom. The van der Waals surface area contributed by atoms with Crippen molar-refractivity contribution >= 4 is 17.7 Å². The summed E-state index contributed by atoms with van der Waals surface area (Å²) in [5.74, 6) is -0.547. The van der Waals surface area contributed by atoms with Gasteiger partial charge >= 0.3 is 5.97 Å². The zero-order chi connectivity index (χ0) is 13.7. The van der Waals surface area contributed by atoms with Gasteiger partial charge in [0, 0.05) is 5.69 Å². The Labute approximate surface area is 112 Å². The van der Waals surface area contributed by atoms with Crippen molar-refractivity contribution in [2.75, 3.05) is 11.9 Å². The molecule has 0 saturated carbocycles. The molecule has 4 heteroatoms. The molecule has 4 nitrogen and oxygen atoms in total. The molecule has 1 heterocycles. The van der Waals surface area contributed by atoms with E-state index in [0.29, 0.717) is 6.61 Å². The molecule has 1 aromatic carbocycles. The van der Waals surface area contributed by atoms with E-state index in [9.17, 15) is 10.1 Å². The molecular weight excluding hydrogens is 240 g/mol. The molecular formula is C15H16N2O2. The summed E-state index contributed by atoms with van der Waals surface area (Å²) in [6.45, 7) is 2.36. The first-order valence-corrected chi connectivity index (χ1v) is 6.37. The van der Waals surface area contributed by atoms with E-state index in [4.69, 9.17) is 4.74 Å².